The molecule has 1 aromatic rings. The number of ether oxygens (including phenoxy) is 1. The molecule has 0 fully saturated rings. The summed E-state index contributed by atoms with van der Waals surface area (Å²) in [4.78, 5) is 0. The number of hydrogen-bond donors (Lipinski definition) is 1. The molecule has 1 unspecified atom stereocenters. The van der Waals surface area contributed by atoms with Crippen molar-refractivity contribution < 1.29 is 4.74 Å². The van der Waals surface area contributed by atoms with Crippen molar-refractivity contribution in [2.75, 3.05) is 20.3 Å². The zero-order valence-corrected chi connectivity index (χ0v) is 13.4. The number of rotatable bonds is 8. The molecule has 104 valence electrons. The monoisotopic (exact) mass is 317 g/mol. The van der Waals surface area contributed by atoms with Crippen molar-refractivity contribution >= 4 is 15.9 Å². The second-order valence-electron chi connectivity index (χ2n) is 4.57. The molecule has 1 atom stereocenters. The van der Waals surface area contributed by atoms with Crippen molar-refractivity contribution in [3.05, 3.63) is 15.9 Å². The molecule has 0 aliphatic heterocycles. The van der Waals surface area contributed by atoms with Crippen LogP contribution in [0.15, 0.2) is 4.47 Å². The molecule has 0 saturated heterocycles. The van der Waals surface area contributed by atoms with E-state index in [1.165, 1.54) is 5.69 Å². The lowest BCUT2D eigenvalue weighted by atomic mass is 10.2. The van der Waals surface area contributed by atoms with Crippen LogP contribution in [-0.2, 0) is 24.2 Å². The zero-order chi connectivity index (χ0) is 13.5. The van der Waals surface area contributed by atoms with E-state index in [9.17, 15) is 0 Å². The number of halogens is 1. The lowest BCUT2D eigenvalue weighted by molar-refractivity contribution is 0.158. The van der Waals surface area contributed by atoms with Gasteiger partial charge in [0, 0.05) is 33.4 Å². The highest BCUT2D eigenvalue weighted by molar-refractivity contribution is 9.10. The number of nitrogens with one attached hydrogen (secondary N) is 1. The Morgan fingerprint density at radius 1 is 1.44 bits per heavy atom. The average Bonchev–Trinajstić information content (AvgIpc) is 2.66. The summed E-state index contributed by atoms with van der Waals surface area (Å²) in [5, 5.41) is 8.05. The SMILES string of the molecule is CCc1nn(CC)c(CNCC(C)COC)c1Br. The molecule has 0 aromatic carbocycles. The maximum absolute atomic E-state index is 5.13. The lowest BCUT2D eigenvalue weighted by Gasteiger charge is -2.12. The maximum atomic E-state index is 5.13. The third-order valence-electron chi connectivity index (χ3n) is 2.93. The first kappa shape index (κ1) is 15.7. The van der Waals surface area contributed by atoms with Crippen LogP contribution in [0, 0.1) is 5.92 Å². The fourth-order valence-electron chi connectivity index (χ4n) is 1.97. The second kappa shape index (κ2) is 7.92. The van der Waals surface area contributed by atoms with Gasteiger partial charge in [0.2, 0.25) is 0 Å². The molecule has 1 aromatic heterocycles. The summed E-state index contributed by atoms with van der Waals surface area (Å²) < 4.78 is 8.35. The molecule has 0 saturated carbocycles. The molecule has 1 rings (SSSR count). The smallest absolute Gasteiger partial charge is 0.0767 e. The van der Waals surface area contributed by atoms with Crippen LogP contribution in [0.5, 0.6) is 0 Å². The molecule has 0 bridgehead atoms. The van der Waals surface area contributed by atoms with Crippen molar-refractivity contribution in [1.82, 2.24) is 15.1 Å². The molecule has 0 aliphatic carbocycles. The van der Waals surface area contributed by atoms with E-state index in [0.29, 0.717) is 5.92 Å². The first-order chi connectivity index (χ1) is 8.63. The summed E-state index contributed by atoms with van der Waals surface area (Å²) >= 11 is 3.65. The van der Waals surface area contributed by atoms with Crippen LogP contribution in [-0.4, -0.2) is 30.0 Å². The average molecular weight is 318 g/mol. The van der Waals surface area contributed by atoms with Gasteiger partial charge in [-0.2, -0.15) is 5.10 Å². The fourth-order valence-corrected chi connectivity index (χ4v) is 2.67. The van der Waals surface area contributed by atoms with Gasteiger partial charge >= 0.3 is 0 Å². The van der Waals surface area contributed by atoms with Crippen LogP contribution in [0.4, 0.5) is 0 Å². The Bertz CT molecular complexity index is 365. The van der Waals surface area contributed by atoms with Gasteiger partial charge in [-0.25, -0.2) is 0 Å². The summed E-state index contributed by atoms with van der Waals surface area (Å²) in [6.07, 6.45) is 0.959. The molecule has 0 spiro atoms. The molecular formula is C13H24BrN3O. The van der Waals surface area contributed by atoms with Gasteiger partial charge in [-0.15, -0.1) is 0 Å². The summed E-state index contributed by atoms with van der Waals surface area (Å²) in [5.74, 6) is 0.525. The fraction of sp³-hybridized carbons (Fsp3) is 0.769. The van der Waals surface area contributed by atoms with Crippen molar-refractivity contribution in [2.24, 2.45) is 5.92 Å². The summed E-state index contributed by atoms with van der Waals surface area (Å²) in [6.45, 7) is 9.93. The molecule has 1 heterocycles. The quantitative estimate of drug-likeness (QED) is 0.801. The van der Waals surface area contributed by atoms with Crippen molar-refractivity contribution in [3.63, 3.8) is 0 Å². The van der Waals surface area contributed by atoms with Crippen molar-refractivity contribution in [1.29, 1.82) is 0 Å². The van der Waals surface area contributed by atoms with Crippen LogP contribution >= 0.6 is 15.9 Å². The molecule has 1 N–H and O–H groups in total. The van der Waals surface area contributed by atoms with Gasteiger partial charge in [0.25, 0.3) is 0 Å². The normalized spacial score (nSPS) is 12.9. The predicted octanol–water partition coefficient (Wildman–Crippen LogP) is 2.60. The Morgan fingerprint density at radius 3 is 2.72 bits per heavy atom. The Morgan fingerprint density at radius 2 is 2.17 bits per heavy atom. The number of hydrogen-bond acceptors (Lipinski definition) is 3. The van der Waals surface area contributed by atoms with E-state index >= 15 is 0 Å². The number of aromatic nitrogens is 2. The minimum absolute atomic E-state index is 0.525. The molecule has 0 aliphatic rings. The van der Waals surface area contributed by atoms with Crippen LogP contribution in [0.2, 0.25) is 0 Å². The van der Waals surface area contributed by atoms with Crippen LogP contribution in [0.3, 0.4) is 0 Å². The van der Waals surface area contributed by atoms with E-state index in [1.807, 2.05) is 0 Å². The Balaban J connectivity index is 2.58. The Kier molecular flexibility index (Phi) is 6.89. The van der Waals surface area contributed by atoms with Crippen molar-refractivity contribution in [3.8, 4) is 0 Å². The highest BCUT2D eigenvalue weighted by atomic mass is 79.9. The van der Waals surface area contributed by atoms with Gasteiger partial charge in [0.05, 0.1) is 15.9 Å². The largest absolute Gasteiger partial charge is 0.384 e. The van der Waals surface area contributed by atoms with E-state index in [2.05, 4.69) is 51.8 Å². The standard InChI is InChI=1S/C13H24BrN3O/c1-5-11-13(14)12(17(6-2)16-11)8-15-7-10(3)9-18-4/h10,15H,5-9H2,1-4H3. The first-order valence-corrected chi connectivity index (χ1v) is 7.36. The van der Waals surface area contributed by atoms with Gasteiger partial charge in [-0.1, -0.05) is 13.8 Å². The Hall–Kier alpha value is -0.390. The predicted molar refractivity (Wildman–Crippen MR) is 77.7 cm³/mol. The van der Waals surface area contributed by atoms with Crippen LogP contribution in [0.1, 0.15) is 32.2 Å². The molecule has 0 radical (unpaired) electrons. The third-order valence-corrected chi connectivity index (χ3v) is 3.85. The van der Waals surface area contributed by atoms with Gasteiger partial charge in [0.1, 0.15) is 0 Å². The van der Waals surface area contributed by atoms with Gasteiger partial charge in [-0.3, -0.25) is 4.68 Å². The van der Waals surface area contributed by atoms with Crippen LogP contribution < -0.4 is 5.32 Å². The second-order valence-corrected chi connectivity index (χ2v) is 5.36. The molecule has 0 amide bonds. The number of nitrogens with zero attached hydrogens (tertiary/aromatic N) is 2. The number of aryl methyl sites for hydroxylation is 2. The highest BCUT2D eigenvalue weighted by Crippen LogP contribution is 2.22. The van der Waals surface area contributed by atoms with E-state index < -0.39 is 0 Å². The summed E-state index contributed by atoms with van der Waals surface area (Å²) in [7, 11) is 1.74. The van der Waals surface area contributed by atoms with E-state index in [1.54, 1.807) is 7.11 Å². The van der Waals surface area contributed by atoms with Gasteiger partial charge < -0.3 is 10.1 Å². The number of methoxy groups -OCH3 is 1. The van der Waals surface area contributed by atoms with E-state index in [4.69, 9.17) is 4.74 Å². The highest BCUT2D eigenvalue weighted by Gasteiger charge is 2.13. The third kappa shape index (κ3) is 4.07. The Labute approximate surface area is 118 Å². The van der Waals surface area contributed by atoms with Gasteiger partial charge in [-0.05, 0) is 35.2 Å². The van der Waals surface area contributed by atoms with Crippen LogP contribution in [0.25, 0.3) is 0 Å². The van der Waals surface area contributed by atoms with E-state index in [-0.39, 0.29) is 0 Å². The zero-order valence-electron chi connectivity index (χ0n) is 11.8. The minimum atomic E-state index is 0.525. The summed E-state index contributed by atoms with van der Waals surface area (Å²) in [5.41, 5.74) is 2.37. The summed E-state index contributed by atoms with van der Waals surface area (Å²) in [6, 6.07) is 0. The minimum Gasteiger partial charge on any atom is -0.384 e. The lowest BCUT2D eigenvalue weighted by Crippen LogP contribution is -2.24. The molecular weight excluding hydrogens is 294 g/mol. The van der Waals surface area contributed by atoms with Gasteiger partial charge in [0.15, 0.2) is 0 Å². The van der Waals surface area contributed by atoms with E-state index in [0.717, 1.165) is 42.8 Å². The molecule has 5 heteroatoms. The topological polar surface area (TPSA) is 39.1 Å². The molecule has 18 heavy (non-hydrogen) atoms. The van der Waals surface area contributed by atoms with Crippen molar-refractivity contribution in [2.45, 2.75) is 40.3 Å². The molecule has 4 nitrogen and oxygen atoms in total. The first-order valence-electron chi connectivity index (χ1n) is 6.57. The maximum Gasteiger partial charge on any atom is 0.0767 e.